The fourth-order valence-corrected chi connectivity index (χ4v) is 3.80. The number of benzene rings is 2. The molecule has 0 atom stereocenters. The highest BCUT2D eigenvalue weighted by molar-refractivity contribution is 7.99. The maximum atomic E-state index is 13.3. The van der Waals surface area contributed by atoms with Gasteiger partial charge in [-0.1, -0.05) is 41.6 Å². The van der Waals surface area contributed by atoms with Crippen molar-refractivity contribution < 1.29 is 18.7 Å². The second-order valence-electron chi connectivity index (χ2n) is 6.69. The van der Waals surface area contributed by atoms with Crippen LogP contribution in [0.2, 0.25) is 5.02 Å². The number of rotatable bonds is 10. The highest BCUT2D eigenvalue weighted by Crippen LogP contribution is 2.24. The van der Waals surface area contributed by atoms with Crippen LogP contribution in [0.4, 0.5) is 15.8 Å². The number of aromatic nitrogens is 3. The van der Waals surface area contributed by atoms with Crippen LogP contribution in [0.1, 0.15) is 5.82 Å². The largest absolute Gasteiger partial charge is 0.495 e. The molecule has 3 rings (SSSR count). The normalized spacial score (nSPS) is 10.5. The Kier molecular flexibility index (Phi) is 8.45. The molecule has 0 bridgehead atoms. The molecule has 11 heteroatoms. The van der Waals surface area contributed by atoms with Crippen LogP contribution >= 0.6 is 23.4 Å². The number of amides is 2. The molecule has 0 unspecified atom stereocenters. The van der Waals surface area contributed by atoms with Crippen molar-refractivity contribution in [2.45, 2.75) is 18.1 Å². The van der Waals surface area contributed by atoms with Gasteiger partial charge in [0, 0.05) is 12.2 Å². The Morgan fingerprint density at radius 2 is 2.00 bits per heavy atom. The lowest BCUT2D eigenvalue weighted by molar-refractivity contribution is -0.116. The number of nitrogens with one attached hydrogen (secondary N) is 2. The fourth-order valence-electron chi connectivity index (χ4n) is 2.86. The van der Waals surface area contributed by atoms with E-state index in [2.05, 4.69) is 27.4 Å². The van der Waals surface area contributed by atoms with Crippen LogP contribution in [0.5, 0.6) is 5.75 Å². The summed E-state index contributed by atoms with van der Waals surface area (Å²) in [7, 11) is 1.52. The van der Waals surface area contributed by atoms with Crippen LogP contribution in [-0.4, -0.2) is 39.4 Å². The summed E-state index contributed by atoms with van der Waals surface area (Å²) in [6.07, 6.45) is 1.62. The lowest BCUT2D eigenvalue weighted by Gasteiger charge is -2.11. The van der Waals surface area contributed by atoms with E-state index in [4.69, 9.17) is 16.3 Å². The van der Waals surface area contributed by atoms with Gasteiger partial charge in [-0.05, 0) is 30.3 Å². The van der Waals surface area contributed by atoms with E-state index in [0.717, 1.165) is 11.8 Å². The number of para-hydroxylation sites is 2. The fraction of sp³-hybridized carbons (Fsp3) is 0.182. The number of thioether (sulfide) groups is 1. The number of halogens is 2. The molecule has 0 fully saturated rings. The Bertz CT molecular complexity index is 1170. The zero-order valence-corrected chi connectivity index (χ0v) is 19.3. The third kappa shape index (κ3) is 6.56. The maximum Gasteiger partial charge on any atom is 0.234 e. The van der Waals surface area contributed by atoms with Gasteiger partial charge in [0.2, 0.25) is 11.8 Å². The minimum absolute atomic E-state index is 0.0255. The van der Waals surface area contributed by atoms with E-state index in [1.807, 2.05) is 0 Å². The average Bonchev–Trinajstić information content (AvgIpc) is 3.16. The van der Waals surface area contributed by atoms with E-state index in [0.29, 0.717) is 34.6 Å². The predicted molar refractivity (Wildman–Crippen MR) is 126 cm³/mol. The van der Waals surface area contributed by atoms with Crippen molar-refractivity contribution in [2.75, 3.05) is 23.5 Å². The summed E-state index contributed by atoms with van der Waals surface area (Å²) < 4.78 is 20.2. The zero-order valence-electron chi connectivity index (χ0n) is 17.7. The molecular weight excluding hydrogens is 469 g/mol. The standard InChI is InChI=1S/C22H21ClFN5O3S/c1-3-10-29-19(12-20(30)26-17-6-4-5-7-18(17)32-2)27-28-22(29)33-13-21(31)25-14-8-9-16(24)15(23)11-14/h3-9,11H,1,10,12-13H2,2H3,(H,25,31)(H,26,30). The SMILES string of the molecule is C=CCn1c(CC(=O)Nc2ccccc2OC)nnc1SCC(=O)Nc1ccc(F)c(Cl)c1. The molecule has 0 radical (unpaired) electrons. The molecular formula is C22H21ClFN5O3S. The molecule has 2 aromatic carbocycles. The quantitative estimate of drug-likeness (QED) is 0.327. The van der Waals surface area contributed by atoms with Crippen molar-refractivity contribution in [1.82, 2.24) is 14.8 Å². The first-order valence-corrected chi connectivity index (χ1v) is 11.1. The Morgan fingerprint density at radius 3 is 2.73 bits per heavy atom. The molecule has 1 aromatic heterocycles. The van der Waals surface area contributed by atoms with Crippen molar-refractivity contribution in [1.29, 1.82) is 0 Å². The third-order valence-corrected chi connectivity index (χ3v) is 5.60. The number of carbonyl (C=O) groups is 2. The van der Waals surface area contributed by atoms with Crippen molar-refractivity contribution in [3.8, 4) is 5.75 Å². The maximum absolute atomic E-state index is 13.3. The minimum Gasteiger partial charge on any atom is -0.495 e. The Balaban J connectivity index is 1.63. The van der Waals surface area contributed by atoms with Crippen LogP contribution in [0.25, 0.3) is 0 Å². The summed E-state index contributed by atoms with van der Waals surface area (Å²) in [5, 5.41) is 14.0. The van der Waals surface area contributed by atoms with E-state index >= 15 is 0 Å². The van der Waals surface area contributed by atoms with Gasteiger partial charge in [0.05, 0.1) is 30.0 Å². The van der Waals surface area contributed by atoms with Gasteiger partial charge in [-0.15, -0.1) is 16.8 Å². The average molecular weight is 490 g/mol. The number of methoxy groups -OCH3 is 1. The number of ether oxygens (including phenoxy) is 1. The molecule has 0 saturated carbocycles. The highest BCUT2D eigenvalue weighted by Gasteiger charge is 2.17. The molecule has 0 aliphatic heterocycles. The summed E-state index contributed by atoms with van der Waals surface area (Å²) in [5.41, 5.74) is 0.931. The number of hydrogen-bond donors (Lipinski definition) is 2. The molecule has 0 aliphatic rings. The van der Waals surface area contributed by atoms with Crippen molar-refractivity contribution in [3.63, 3.8) is 0 Å². The first-order chi connectivity index (χ1) is 15.9. The number of hydrogen-bond acceptors (Lipinski definition) is 6. The smallest absolute Gasteiger partial charge is 0.234 e. The lowest BCUT2D eigenvalue weighted by atomic mass is 10.2. The monoisotopic (exact) mass is 489 g/mol. The van der Waals surface area contributed by atoms with Gasteiger partial charge < -0.3 is 19.9 Å². The number of anilines is 2. The van der Waals surface area contributed by atoms with Crippen molar-refractivity contribution >= 4 is 46.6 Å². The first kappa shape index (κ1) is 24.3. The van der Waals surface area contributed by atoms with E-state index < -0.39 is 5.82 Å². The van der Waals surface area contributed by atoms with Crippen LogP contribution in [-0.2, 0) is 22.6 Å². The summed E-state index contributed by atoms with van der Waals surface area (Å²) >= 11 is 6.89. The summed E-state index contributed by atoms with van der Waals surface area (Å²) in [6.45, 7) is 4.09. The molecule has 3 aromatic rings. The predicted octanol–water partition coefficient (Wildman–Crippen LogP) is 4.18. The number of allylic oxidation sites excluding steroid dienone is 1. The van der Waals surface area contributed by atoms with Gasteiger partial charge in [-0.3, -0.25) is 9.59 Å². The Hall–Kier alpha value is -3.37. The minimum atomic E-state index is -0.566. The molecule has 2 amide bonds. The van der Waals surface area contributed by atoms with Crippen LogP contribution in [0.3, 0.4) is 0 Å². The Morgan fingerprint density at radius 1 is 1.21 bits per heavy atom. The van der Waals surface area contributed by atoms with Crippen LogP contribution in [0, 0.1) is 5.82 Å². The number of nitrogens with zero attached hydrogens (tertiary/aromatic N) is 3. The highest BCUT2D eigenvalue weighted by atomic mass is 35.5. The number of carbonyl (C=O) groups excluding carboxylic acids is 2. The molecule has 33 heavy (non-hydrogen) atoms. The molecule has 172 valence electrons. The van der Waals surface area contributed by atoms with Gasteiger partial charge in [-0.25, -0.2) is 4.39 Å². The second-order valence-corrected chi connectivity index (χ2v) is 8.04. The second kappa shape index (κ2) is 11.5. The van der Waals surface area contributed by atoms with E-state index in [9.17, 15) is 14.0 Å². The van der Waals surface area contributed by atoms with Crippen LogP contribution < -0.4 is 15.4 Å². The van der Waals surface area contributed by atoms with Gasteiger partial charge in [0.1, 0.15) is 17.4 Å². The topological polar surface area (TPSA) is 98.1 Å². The summed E-state index contributed by atoms with van der Waals surface area (Å²) in [4.78, 5) is 24.8. The molecule has 2 N–H and O–H groups in total. The van der Waals surface area contributed by atoms with Gasteiger partial charge in [-0.2, -0.15) is 0 Å². The lowest BCUT2D eigenvalue weighted by Crippen LogP contribution is -2.18. The third-order valence-electron chi connectivity index (χ3n) is 4.34. The molecule has 8 nitrogen and oxygen atoms in total. The molecule has 0 saturated heterocycles. The van der Waals surface area contributed by atoms with Gasteiger partial charge in [0.15, 0.2) is 5.16 Å². The van der Waals surface area contributed by atoms with Crippen molar-refractivity contribution in [3.05, 3.63) is 71.8 Å². The first-order valence-electron chi connectivity index (χ1n) is 9.74. The van der Waals surface area contributed by atoms with Crippen molar-refractivity contribution in [2.24, 2.45) is 0 Å². The van der Waals surface area contributed by atoms with E-state index in [1.165, 1.54) is 25.3 Å². The molecule has 1 heterocycles. The summed E-state index contributed by atoms with van der Waals surface area (Å²) in [6, 6.07) is 11.0. The van der Waals surface area contributed by atoms with Gasteiger partial charge >= 0.3 is 0 Å². The molecule has 0 aliphatic carbocycles. The van der Waals surface area contributed by atoms with E-state index in [1.54, 1.807) is 34.9 Å². The van der Waals surface area contributed by atoms with Gasteiger partial charge in [0.25, 0.3) is 0 Å². The summed E-state index contributed by atoms with van der Waals surface area (Å²) in [5.74, 6) is -0.189. The van der Waals surface area contributed by atoms with E-state index in [-0.39, 0.29) is 29.0 Å². The Labute approximate surface area is 199 Å². The zero-order chi connectivity index (χ0) is 23.8. The van der Waals surface area contributed by atoms with Crippen LogP contribution in [0.15, 0.2) is 60.3 Å². The molecule has 0 spiro atoms.